The van der Waals surface area contributed by atoms with E-state index in [1.165, 1.54) is 28.4 Å². The minimum atomic E-state index is -2.77. The highest BCUT2D eigenvalue weighted by Gasteiger charge is 2.26. The SMILES string of the molecule is CC(C)c1ccc(C(=O)N2CCN(C(=O)Nc3cn(C)nc3C(F)F)CC2)cc1. The highest BCUT2D eigenvalue weighted by Crippen LogP contribution is 2.25. The van der Waals surface area contributed by atoms with Gasteiger partial charge >= 0.3 is 6.03 Å². The minimum Gasteiger partial charge on any atom is -0.335 e. The van der Waals surface area contributed by atoms with E-state index in [1.54, 1.807) is 4.90 Å². The fourth-order valence-corrected chi connectivity index (χ4v) is 3.26. The molecule has 1 aromatic heterocycles. The maximum absolute atomic E-state index is 13.0. The second-order valence-electron chi connectivity index (χ2n) is 7.39. The Bertz CT molecular complexity index is 871. The molecule has 0 saturated carbocycles. The largest absolute Gasteiger partial charge is 0.335 e. The maximum atomic E-state index is 13.0. The zero-order valence-electron chi connectivity index (χ0n) is 16.7. The number of urea groups is 1. The van der Waals surface area contributed by atoms with E-state index in [1.807, 2.05) is 24.3 Å². The van der Waals surface area contributed by atoms with Crippen LogP contribution in [0.1, 0.15) is 47.8 Å². The number of carbonyl (C=O) groups excluding carboxylic acids is 2. The van der Waals surface area contributed by atoms with Gasteiger partial charge in [-0.15, -0.1) is 0 Å². The second-order valence-corrected chi connectivity index (χ2v) is 7.39. The normalized spacial score (nSPS) is 14.6. The number of amides is 3. The first-order valence-electron chi connectivity index (χ1n) is 9.53. The zero-order chi connectivity index (χ0) is 21.1. The summed E-state index contributed by atoms with van der Waals surface area (Å²) in [6, 6.07) is 7.08. The molecule has 0 unspecified atom stereocenters. The number of benzene rings is 1. The molecule has 2 heterocycles. The van der Waals surface area contributed by atoms with Gasteiger partial charge in [0.25, 0.3) is 12.3 Å². The number of aryl methyl sites for hydroxylation is 1. The number of carbonyl (C=O) groups is 2. The minimum absolute atomic E-state index is 0.00347. The van der Waals surface area contributed by atoms with Crippen LogP contribution in [0.15, 0.2) is 30.5 Å². The predicted octanol–water partition coefficient (Wildman–Crippen LogP) is 3.47. The van der Waals surface area contributed by atoms with E-state index in [2.05, 4.69) is 24.3 Å². The lowest BCUT2D eigenvalue weighted by atomic mass is 10.0. The summed E-state index contributed by atoms with van der Waals surface area (Å²) < 4.78 is 27.3. The van der Waals surface area contributed by atoms with Crippen LogP contribution in [0.2, 0.25) is 0 Å². The molecule has 156 valence electrons. The first kappa shape index (κ1) is 20.8. The summed E-state index contributed by atoms with van der Waals surface area (Å²) in [6.45, 7) is 5.60. The molecule has 1 fully saturated rings. The summed E-state index contributed by atoms with van der Waals surface area (Å²) in [5, 5.41) is 6.17. The molecule has 0 atom stereocenters. The summed E-state index contributed by atoms with van der Waals surface area (Å²) in [5.41, 5.74) is 1.32. The summed E-state index contributed by atoms with van der Waals surface area (Å²) in [5.74, 6) is 0.319. The number of nitrogens with zero attached hydrogens (tertiary/aromatic N) is 4. The average Bonchev–Trinajstić information content (AvgIpc) is 3.08. The molecule has 1 saturated heterocycles. The van der Waals surface area contributed by atoms with Gasteiger partial charge in [0.05, 0.1) is 5.69 Å². The summed E-state index contributed by atoms with van der Waals surface area (Å²) in [4.78, 5) is 28.3. The van der Waals surface area contributed by atoms with Crippen LogP contribution in [0.5, 0.6) is 0 Å². The molecule has 0 bridgehead atoms. The lowest BCUT2D eigenvalue weighted by Crippen LogP contribution is -2.51. The van der Waals surface area contributed by atoms with Gasteiger partial charge in [0.1, 0.15) is 0 Å². The van der Waals surface area contributed by atoms with E-state index in [4.69, 9.17) is 0 Å². The van der Waals surface area contributed by atoms with Crippen LogP contribution in [-0.2, 0) is 7.05 Å². The molecule has 1 aromatic carbocycles. The van der Waals surface area contributed by atoms with Gasteiger partial charge in [-0.2, -0.15) is 5.10 Å². The molecule has 3 amide bonds. The van der Waals surface area contributed by atoms with Gasteiger partial charge in [0.2, 0.25) is 0 Å². The van der Waals surface area contributed by atoms with Crippen molar-refractivity contribution in [1.29, 1.82) is 0 Å². The fourth-order valence-electron chi connectivity index (χ4n) is 3.26. The number of hydrogen-bond donors (Lipinski definition) is 1. The lowest BCUT2D eigenvalue weighted by molar-refractivity contribution is 0.0671. The highest BCUT2D eigenvalue weighted by atomic mass is 19.3. The first-order chi connectivity index (χ1) is 13.8. The van der Waals surface area contributed by atoms with E-state index in [0.29, 0.717) is 37.7 Å². The van der Waals surface area contributed by atoms with Crippen molar-refractivity contribution in [3.63, 3.8) is 0 Å². The van der Waals surface area contributed by atoms with Gasteiger partial charge < -0.3 is 15.1 Å². The van der Waals surface area contributed by atoms with Crippen molar-refractivity contribution in [2.24, 2.45) is 7.05 Å². The molecule has 1 aliphatic heterocycles. The zero-order valence-corrected chi connectivity index (χ0v) is 16.7. The van der Waals surface area contributed by atoms with Crippen molar-refractivity contribution in [1.82, 2.24) is 19.6 Å². The Balaban J connectivity index is 1.57. The summed E-state index contributed by atoms with van der Waals surface area (Å²) in [6.07, 6.45) is -1.43. The van der Waals surface area contributed by atoms with Crippen LogP contribution in [0.4, 0.5) is 19.3 Å². The number of rotatable bonds is 4. The number of aromatic nitrogens is 2. The molecule has 1 N–H and O–H groups in total. The number of piperazine rings is 1. The Labute approximate surface area is 168 Å². The van der Waals surface area contributed by atoms with Crippen LogP contribution in [0.3, 0.4) is 0 Å². The van der Waals surface area contributed by atoms with Gasteiger partial charge in [-0.25, -0.2) is 13.6 Å². The number of anilines is 1. The van der Waals surface area contributed by atoms with E-state index in [-0.39, 0.29) is 11.6 Å². The molecule has 0 radical (unpaired) electrons. The smallest absolute Gasteiger partial charge is 0.322 e. The topological polar surface area (TPSA) is 70.5 Å². The van der Waals surface area contributed by atoms with Gasteiger partial charge in [-0.3, -0.25) is 9.48 Å². The molecule has 1 aliphatic rings. The third-order valence-electron chi connectivity index (χ3n) is 4.98. The summed E-state index contributed by atoms with van der Waals surface area (Å²) >= 11 is 0. The molecular formula is C20H25F2N5O2. The van der Waals surface area contributed by atoms with Gasteiger partial charge in [0, 0.05) is 45.0 Å². The van der Waals surface area contributed by atoms with Crippen molar-refractivity contribution >= 4 is 17.6 Å². The Kier molecular flexibility index (Phi) is 6.14. The van der Waals surface area contributed by atoms with E-state index >= 15 is 0 Å². The molecule has 0 spiro atoms. The van der Waals surface area contributed by atoms with Gasteiger partial charge in [-0.1, -0.05) is 26.0 Å². The van der Waals surface area contributed by atoms with E-state index in [9.17, 15) is 18.4 Å². The van der Waals surface area contributed by atoms with Crippen LogP contribution in [-0.4, -0.2) is 57.7 Å². The quantitative estimate of drug-likeness (QED) is 0.847. The Hall–Kier alpha value is -2.97. The molecule has 2 aromatic rings. The number of halogens is 2. The fraction of sp³-hybridized carbons (Fsp3) is 0.450. The third kappa shape index (κ3) is 4.72. The van der Waals surface area contributed by atoms with Crippen molar-refractivity contribution in [3.05, 3.63) is 47.3 Å². The molecule has 3 rings (SSSR count). The van der Waals surface area contributed by atoms with Crippen LogP contribution >= 0.6 is 0 Å². The van der Waals surface area contributed by atoms with Gasteiger partial charge in [-0.05, 0) is 23.6 Å². The molecule has 0 aliphatic carbocycles. The van der Waals surface area contributed by atoms with Gasteiger partial charge in [0.15, 0.2) is 5.69 Å². The van der Waals surface area contributed by atoms with Crippen molar-refractivity contribution < 1.29 is 18.4 Å². The third-order valence-corrected chi connectivity index (χ3v) is 4.98. The van der Waals surface area contributed by atoms with Crippen LogP contribution in [0.25, 0.3) is 0 Å². The number of alkyl halides is 2. The van der Waals surface area contributed by atoms with Crippen molar-refractivity contribution in [2.75, 3.05) is 31.5 Å². The molecule has 9 heteroatoms. The van der Waals surface area contributed by atoms with E-state index < -0.39 is 18.2 Å². The van der Waals surface area contributed by atoms with E-state index in [0.717, 1.165) is 0 Å². The average molecular weight is 405 g/mol. The Morgan fingerprint density at radius 3 is 2.17 bits per heavy atom. The Morgan fingerprint density at radius 1 is 1.03 bits per heavy atom. The number of hydrogen-bond acceptors (Lipinski definition) is 3. The predicted molar refractivity (Wildman–Crippen MR) is 105 cm³/mol. The monoisotopic (exact) mass is 405 g/mol. The van der Waals surface area contributed by atoms with Crippen LogP contribution in [0, 0.1) is 0 Å². The Morgan fingerprint density at radius 2 is 1.62 bits per heavy atom. The lowest BCUT2D eigenvalue weighted by Gasteiger charge is -2.34. The standard InChI is InChI=1S/C20H25F2N5O2/c1-13(2)14-4-6-15(7-5-14)19(28)26-8-10-27(11-9-26)20(29)23-16-12-25(3)24-17(16)18(21)22/h4-7,12-13,18H,8-11H2,1-3H3,(H,23,29). The maximum Gasteiger partial charge on any atom is 0.322 e. The summed E-state index contributed by atoms with van der Waals surface area (Å²) in [7, 11) is 1.51. The van der Waals surface area contributed by atoms with Crippen molar-refractivity contribution in [2.45, 2.75) is 26.2 Å². The highest BCUT2D eigenvalue weighted by molar-refractivity contribution is 5.95. The second kappa shape index (κ2) is 8.59. The first-order valence-corrected chi connectivity index (χ1v) is 9.53. The number of nitrogens with one attached hydrogen (secondary N) is 1. The van der Waals surface area contributed by atoms with Crippen LogP contribution < -0.4 is 5.32 Å². The molecule has 29 heavy (non-hydrogen) atoms. The molecule has 7 nitrogen and oxygen atoms in total. The van der Waals surface area contributed by atoms with Crippen molar-refractivity contribution in [3.8, 4) is 0 Å². The molecular weight excluding hydrogens is 380 g/mol.